The molecule has 9 nitrogen and oxygen atoms in total. The Bertz CT molecular complexity index is 1050. The van der Waals surface area contributed by atoms with Crippen LogP contribution < -0.4 is 10.2 Å². The van der Waals surface area contributed by atoms with Crippen LogP contribution in [-0.2, 0) is 10.3 Å². The van der Waals surface area contributed by atoms with Gasteiger partial charge in [0.1, 0.15) is 5.82 Å². The van der Waals surface area contributed by atoms with Crippen LogP contribution >= 0.6 is 0 Å². The molecule has 1 aliphatic heterocycles. The van der Waals surface area contributed by atoms with Crippen molar-refractivity contribution in [3.05, 3.63) is 30.1 Å². The minimum atomic E-state index is -0.913. The quantitative estimate of drug-likeness (QED) is 0.588. The molecule has 1 atom stereocenters. The highest BCUT2D eigenvalue weighted by atomic mass is 16.5. The van der Waals surface area contributed by atoms with Gasteiger partial charge in [-0.25, -0.2) is 4.98 Å². The zero-order valence-corrected chi connectivity index (χ0v) is 18.4. The molecule has 3 N–H and O–H groups in total. The predicted octanol–water partition coefficient (Wildman–Crippen LogP) is 2.11. The monoisotopic (exact) mass is 425 g/mol. The smallest absolute Gasteiger partial charge is 0.167 e. The SMILES string of the molecule is CNC1(C)CCC(O)(c2cc(N3CCOC[C@H]3C)nc3c2cnn3-c2ccn[nH]2)CC1. The maximum atomic E-state index is 11.8. The Morgan fingerprint density at radius 2 is 2.10 bits per heavy atom. The minimum Gasteiger partial charge on any atom is -0.385 e. The van der Waals surface area contributed by atoms with Gasteiger partial charge in [-0.05, 0) is 58.2 Å². The van der Waals surface area contributed by atoms with Gasteiger partial charge in [0.25, 0.3) is 0 Å². The fourth-order valence-corrected chi connectivity index (χ4v) is 4.86. The molecule has 166 valence electrons. The first kappa shape index (κ1) is 20.4. The van der Waals surface area contributed by atoms with Gasteiger partial charge in [-0.15, -0.1) is 0 Å². The highest BCUT2D eigenvalue weighted by Crippen LogP contribution is 2.44. The number of aromatic amines is 1. The molecule has 4 heterocycles. The van der Waals surface area contributed by atoms with Crippen LogP contribution in [0.3, 0.4) is 0 Å². The summed E-state index contributed by atoms with van der Waals surface area (Å²) in [6.07, 6.45) is 6.71. The van der Waals surface area contributed by atoms with Gasteiger partial charge in [-0.2, -0.15) is 14.9 Å². The van der Waals surface area contributed by atoms with Crippen molar-refractivity contribution in [3.8, 4) is 5.82 Å². The topological polar surface area (TPSA) is 104 Å². The Hall–Kier alpha value is -2.49. The number of morpholine rings is 1. The summed E-state index contributed by atoms with van der Waals surface area (Å²) in [6, 6.07) is 4.15. The van der Waals surface area contributed by atoms with Crippen molar-refractivity contribution in [2.45, 2.75) is 56.7 Å². The Morgan fingerprint density at radius 3 is 2.77 bits per heavy atom. The molecule has 0 aromatic carbocycles. The van der Waals surface area contributed by atoms with Crippen LogP contribution in [-0.4, -0.2) is 68.5 Å². The summed E-state index contributed by atoms with van der Waals surface area (Å²) in [4.78, 5) is 7.26. The van der Waals surface area contributed by atoms with Crippen molar-refractivity contribution >= 4 is 16.9 Å². The zero-order chi connectivity index (χ0) is 21.6. The molecule has 31 heavy (non-hydrogen) atoms. The minimum absolute atomic E-state index is 0.0556. The van der Waals surface area contributed by atoms with Gasteiger partial charge in [-0.1, -0.05) is 0 Å². The molecular weight excluding hydrogens is 394 g/mol. The molecular formula is C22H31N7O2. The highest BCUT2D eigenvalue weighted by molar-refractivity contribution is 5.83. The third-order valence-corrected chi connectivity index (χ3v) is 7.19. The van der Waals surface area contributed by atoms with E-state index in [9.17, 15) is 5.11 Å². The molecule has 1 saturated carbocycles. The fourth-order valence-electron chi connectivity index (χ4n) is 4.86. The maximum Gasteiger partial charge on any atom is 0.167 e. The summed E-state index contributed by atoms with van der Waals surface area (Å²) in [5.74, 6) is 1.61. The maximum absolute atomic E-state index is 11.8. The largest absolute Gasteiger partial charge is 0.385 e. The predicted molar refractivity (Wildman–Crippen MR) is 118 cm³/mol. The van der Waals surface area contributed by atoms with E-state index >= 15 is 0 Å². The number of hydrogen-bond donors (Lipinski definition) is 3. The molecule has 2 fully saturated rings. The number of H-pyrrole nitrogens is 1. The van der Waals surface area contributed by atoms with E-state index in [0.717, 1.165) is 47.6 Å². The van der Waals surface area contributed by atoms with Crippen LogP contribution in [0.25, 0.3) is 16.9 Å². The normalized spacial score (nSPS) is 29.5. The number of fused-ring (bicyclic) bond motifs is 1. The lowest BCUT2D eigenvalue weighted by molar-refractivity contribution is -0.0208. The van der Waals surface area contributed by atoms with E-state index in [-0.39, 0.29) is 11.6 Å². The van der Waals surface area contributed by atoms with Crippen molar-refractivity contribution in [3.63, 3.8) is 0 Å². The van der Waals surface area contributed by atoms with Crippen LogP contribution in [0, 0.1) is 0 Å². The Kier molecular flexibility index (Phi) is 4.99. The Balaban J connectivity index is 1.64. The van der Waals surface area contributed by atoms with Crippen LogP contribution in [0.2, 0.25) is 0 Å². The van der Waals surface area contributed by atoms with Crippen molar-refractivity contribution < 1.29 is 9.84 Å². The number of pyridine rings is 1. The van der Waals surface area contributed by atoms with Gasteiger partial charge in [0.05, 0.1) is 37.3 Å². The van der Waals surface area contributed by atoms with Gasteiger partial charge in [0.2, 0.25) is 0 Å². The number of anilines is 1. The van der Waals surface area contributed by atoms with Gasteiger partial charge in [-0.3, -0.25) is 5.10 Å². The summed E-state index contributed by atoms with van der Waals surface area (Å²) >= 11 is 0. The molecule has 9 heteroatoms. The number of hydrogen-bond acceptors (Lipinski definition) is 7. The average molecular weight is 426 g/mol. The molecule has 0 bridgehead atoms. The number of nitrogens with one attached hydrogen (secondary N) is 2. The summed E-state index contributed by atoms with van der Waals surface area (Å²) in [7, 11) is 2.00. The number of aromatic nitrogens is 5. The summed E-state index contributed by atoms with van der Waals surface area (Å²) in [6.45, 7) is 6.48. The molecule has 1 aliphatic carbocycles. The molecule has 0 radical (unpaired) electrons. The molecule has 0 amide bonds. The van der Waals surface area contributed by atoms with Crippen LogP contribution in [0.1, 0.15) is 45.1 Å². The second-order valence-corrected chi connectivity index (χ2v) is 9.22. The van der Waals surface area contributed by atoms with Crippen molar-refractivity contribution in [2.75, 3.05) is 31.7 Å². The van der Waals surface area contributed by atoms with E-state index in [1.807, 2.05) is 19.3 Å². The first-order valence-corrected chi connectivity index (χ1v) is 11.1. The summed E-state index contributed by atoms with van der Waals surface area (Å²) in [5, 5.41) is 27.8. The number of aliphatic hydroxyl groups is 1. The van der Waals surface area contributed by atoms with Gasteiger partial charge in [0.15, 0.2) is 11.5 Å². The zero-order valence-electron chi connectivity index (χ0n) is 18.4. The molecule has 0 spiro atoms. The van der Waals surface area contributed by atoms with E-state index in [4.69, 9.17) is 9.72 Å². The lowest BCUT2D eigenvalue weighted by atomic mass is 9.71. The molecule has 2 aliphatic rings. The summed E-state index contributed by atoms with van der Waals surface area (Å²) in [5.41, 5.74) is 0.782. The van der Waals surface area contributed by atoms with Gasteiger partial charge < -0.3 is 20.1 Å². The van der Waals surface area contributed by atoms with Gasteiger partial charge >= 0.3 is 0 Å². The van der Waals surface area contributed by atoms with Crippen molar-refractivity contribution in [2.24, 2.45) is 0 Å². The van der Waals surface area contributed by atoms with Gasteiger partial charge in [0, 0.05) is 23.5 Å². The third-order valence-electron chi connectivity index (χ3n) is 7.19. The molecule has 5 rings (SSSR count). The fraction of sp³-hybridized carbons (Fsp3) is 0.591. The molecule has 1 saturated heterocycles. The summed E-state index contributed by atoms with van der Waals surface area (Å²) < 4.78 is 7.40. The molecule has 0 unspecified atom stereocenters. The Labute approximate surface area is 181 Å². The first-order valence-electron chi connectivity index (χ1n) is 11.1. The van der Waals surface area contributed by atoms with E-state index in [2.05, 4.69) is 45.4 Å². The van der Waals surface area contributed by atoms with E-state index < -0.39 is 5.60 Å². The second kappa shape index (κ2) is 7.58. The second-order valence-electron chi connectivity index (χ2n) is 9.22. The van der Waals surface area contributed by atoms with Crippen LogP contribution in [0.5, 0.6) is 0 Å². The number of rotatable bonds is 4. The van der Waals surface area contributed by atoms with E-state index in [0.29, 0.717) is 26.1 Å². The lowest BCUT2D eigenvalue weighted by Gasteiger charge is -2.43. The lowest BCUT2D eigenvalue weighted by Crippen LogP contribution is -2.47. The van der Waals surface area contributed by atoms with E-state index in [1.54, 1.807) is 10.9 Å². The van der Waals surface area contributed by atoms with Crippen molar-refractivity contribution in [1.29, 1.82) is 0 Å². The molecule has 3 aromatic rings. The average Bonchev–Trinajstić information content (AvgIpc) is 3.45. The van der Waals surface area contributed by atoms with Crippen molar-refractivity contribution in [1.82, 2.24) is 30.3 Å². The first-order chi connectivity index (χ1) is 14.9. The standard InChI is InChI=1S/C22H31N7O2/c1-15-14-31-11-10-28(15)19-12-17(22(30)7-5-21(2,23-3)6-8-22)16-13-25-29(20(16)26-19)18-4-9-24-27-18/h4,9,12-13,15,23,30H,5-8,10-11,14H2,1-3H3,(H,24,27)/t15-,21?,22?/m1/s1. The number of nitrogens with zero attached hydrogens (tertiary/aromatic N) is 5. The van der Waals surface area contributed by atoms with E-state index in [1.165, 1.54) is 0 Å². The number of ether oxygens (including phenoxy) is 1. The third kappa shape index (κ3) is 3.50. The van der Waals surface area contributed by atoms with Crippen LogP contribution in [0.4, 0.5) is 5.82 Å². The van der Waals surface area contributed by atoms with Crippen LogP contribution in [0.15, 0.2) is 24.5 Å². The molecule has 3 aromatic heterocycles. The Morgan fingerprint density at radius 1 is 1.29 bits per heavy atom. The highest BCUT2D eigenvalue weighted by Gasteiger charge is 2.41.